The summed E-state index contributed by atoms with van der Waals surface area (Å²) in [5, 5.41) is 2.72. The molecule has 1 amide bonds. The first-order chi connectivity index (χ1) is 7.54. The predicted molar refractivity (Wildman–Crippen MR) is 71.1 cm³/mol. The number of rotatable bonds is 4. The zero-order chi connectivity index (χ0) is 12.1. The molecule has 0 heterocycles. The van der Waals surface area contributed by atoms with E-state index in [0.29, 0.717) is 17.9 Å². The second-order valence-electron chi connectivity index (χ2n) is 3.05. The molecule has 0 atom stereocenters. The second kappa shape index (κ2) is 6.06. The van der Waals surface area contributed by atoms with Crippen molar-refractivity contribution in [3.05, 3.63) is 39.3 Å². The number of benzene rings is 1. The van der Waals surface area contributed by atoms with Crippen LogP contribution < -0.4 is 10.1 Å². The SMILES string of the molecule is C=C(Br)CNC(=O)c1cc(OC)ccc1Br. The van der Waals surface area contributed by atoms with Crippen LogP contribution in [0.3, 0.4) is 0 Å². The van der Waals surface area contributed by atoms with Gasteiger partial charge in [-0.1, -0.05) is 22.5 Å². The summed E-state index contributed by atoms with van der Waals surface area (Å²) in [6.45, 7) is 4.03. The van der Waals surface area contributed by atoms with Crippen molar-refractivity contribution in [3.63, 3.8) is 0 Å². The molecule has 0 radical (unpaired) electrons. The fourth-order valence-electron chi connectivity index (χ4n) is 1.08. The van der Waals surface area contributed by atoms with Crippen LogP contribution in [-0.4, -0.2) is 19.6 Å². The summed E-state index contributed by atoms with van der Waals surface area (Å²) in [5.41, 5.74) is 0.535. The van der Waals surface area contributed by atoms with Crippen molar-refractivity contribution in [3.8, 4) is 5.75 Å². The molecule has 16 heavy (non-hydrogen) atoms. The van der Waals surface area contributed by atoms with Crippen molar-refractivity contribution >= 4 is 37.8 Å². The monoisotopic (exact) mass is 347 g/mol. The van der Waals surface area contributed by atoms with E-state index in [1.807, 2.05) is 0 Å². The Hall–Kier alpha value is -0.810. The lowest BCUT2D eigenvalue weighted by Crippen LogP contribution is -2.24. The standard InChI is InChI=1S/C11H11Br2NO2/c1-7(12)6-14-11(15)9-5-8(16-2)3-4-10(9)13/h3-5H,1,6H2,2H3,(H,14,15). The number of carbonyl (C=O) groups is 1. The molecule has 0 saturated heterocycles. The molecule has 3 nitrogen and oxygen atoms in total. The van der Waals surface area contributed by atoms with Gasteiger partial charge in [0.2, 0.25) is 0 Å². The minimum atomic E-state index is -0.175. The van der Waals surface area contributed by atoms with Crippen LogP contribution in [0.15, 0.2) is 33.7 Å². The van der Waals surface area contributed by atoms with Crippen molar-refractivity contribution in [2.24, 2.45) is 0 Å². The van der Waals surface area contributed by atoms with Crippen molar-refractivity contribution in [1.29, 1.82) is 0 Å². The highest BCUT2D eigenvalue weighted by molar-refractivity contribution is 9.11. The van der Waals surface area contributed by atoms with E-state index in [0.717, 1.165) is 8.96 Å². The van der Waals surface area contributed by atoms with E-state index in [4.69, 9.17) is 4.74 Å². The van der Waals surface area contributed by atoms with E-state index < -0.39 is 0 Å². The lowest BCUT2D eigenvalue weighted by atomic mass is 10.2. The van der Waals surface area contributed by atoms with Crippen LogP contribution in [0.4, 0.5) is 0 Å². The zero-order valence-electron chi connectivity index (χ0n) is 8.72. The number of ether oxygens (including phenoxy) is 1. The molecule has 0 aliphatic heterocycles. The van der Waals surface area contributed by atoms with E-state index in [9.17, 15) is 4.79 Å². The highest BCUT2D eigenvalue weighted by Gasteiger charge is 2.10. The van der Waals surface area contributed by atoms with Crippen LogP contribution in [0.25, 0.3) is 0 Å². The number of methoxy groups -OCH3 is 1. The highest BCUT2D eigenvalue weighted by atomic mass is 79.9. The van der Waals surface area contributed by atoms with E-state index in [1.54, 1.807) is 25.3 Å². The van der Waals surface area contributed by atoms with E-state index in [-0.39, 0.29) is 5.91 Å². The van der Waals surface area contributed by atoms with Gasteiger partial charge in [0.1, 0.15) is 5.75 Å². The Bertz CT molecular complexity index is 418. The maximum atomic E-state index is 11.8. The summed E-state index contributed by atoms with van der Waals surface area (Å²) >= 11 is 6.49. The molecule has 5 heteroatoms. The summed E-state index contributed by atoms with van der Waals surface area (Å²) in [7, 11) is 1.56. The third-order valence-electron chi connectivity index (χ3n) is 1.86. The number of amides is 1. The predicted octanol–water partition coefficient (Wildman–Crippen LogP) is 3.10. The number of carbonyl (C=O) groups excluding carboxylic acids is 1. The molecule has 1 aromatic carbocycles. The van der Waals surface area contributed by atoms with Crippen LogP contribution in [0.1, 0.15) is 10.4 Å². The third kappa shape index (κ3) is 3.64. The van der Waals surface area contributed by atoms with Crippen molar-refractivity contribution in [2.45, 2.75) is 0 Å². The Kier molecular flexibility index (Phi) is 5.02. The molecule has 86 valence electrons. The average Bonchev–Trinajstić information content (AvgIpc) is 2.26. The number of hydrogen-bond donors (Lipinski definition) is 1. The molecule has 1 N–H and O–H groups in total. The van der Waals surface area contributed by atoms with Crippen LogP contribution in [0.2, 0.25) is 0 Å². The topological polar surface area (TPSA) is 38.3 Å². The summed E-state index contributed by atoms with van der Waals surface area (Å²) in [5.74, 6) is 0.470. The smallest absolute Gasteiger partial charge is 0.252 e. The van der Waals surface area contributed by atoms with E-state index >= 15 is 0 Å². The maximum Gasteiger partial charge on any atom is 0.252 e. The first-order valence-corrected chi connectivity index (χ1v) is 6.08. The van der Waals surface area contributed by atoms with Gasteiger partial charge >= 0.3 is 0 Å². The first-order valence-electron chi connectivity index (χ1n) is 4.49. The van der Waals surface area contributed by atoms with Gasteiger partial charge in [-0.3, -0.25) is 4.79 Å². The lowest BCUT2D eigenvalue weighted by molar-refractivity contribution is 0.0956. The van der Waals surface area contributed by atoms with Crippen LogP contribution in [-0.2, 0) is 0 Å². The maximum absolute atomic E-state index is 11.8. The summed E-state index contributed by atoms with van der Waals surface area (Å²) < 4.78 is 6.51. The minimum Gasteiger partial charge on any atom is -0.497 e. The van der Waals surface area contributed by atoms with Crippen LogP contribution in [0, 0.1) is 0 Å². The Balaban J connectivity index is 2.85. The molecule has 1 rings (SSSR count). The Labute approximate surface area is 111 Å². The van der Waals surface area contributed by atoms with Gasteiger partial charge in [0.15, 0.2) is 0 Å². The van der Waals surface area contributed by atoms with Crippen molar-refractivity contribution in [2.75, 3.05) is 13.7 Å². The summed E-state index contributed by atoms with van der Waals surface area (Å²) in [6, 6.07) is 5.23. The molecule has 0 aliphatic carbocycles. The average molecular weight is 349 g/mol. The van der Waals surface area contributed by atoms with Gasteiger partial charge in [-0.25, -0.2) is 0 Å². The Morgan fingerprint density at radius 1 is 1.56 bits per heavy atom. The molecule has 0 bridgehead atoms. The molecular weight excluding hydrogens is 338 g/mol. The number of hydrogen-bond acceptors (Lipinski definition) is 2. The van der Waals surface area contributed by atoms with Gasteiger partial charge in [-0.2, -0.15) is 0 Å². The van der Waals surface area contributed by atoms with Crippen LogP contribution in [0.5, 0.6) is 5.75 Å². The number of halogens is 2. The van der Waals surface area contributed by atoms with E-state index in [2.05, 4.69) is 43.8 Å². The molecule has 0 aromatic heterocycles. The normalized spacial score (nSPS) is 9.69. The highest BCUT2D eigenvalue weighted by Crippen LogP contribution is 2.22. The second-order valence-corrected chi connectivity index (χ2v) is 5.02. The van der Waals surface area contributed by atoms with Gasteiger partial charge in [-0.15, -0.1) is 0 Å². The van der Waals surface area contributed by atoms with Gasteiger partial charge in [0.25, 0.3) is 5.91 Å². The molecule has 0 saturated carbocycles. The van der Waals surface area contributed by atoms with Gasteiger partial charge in [0, 0.05) is 15.5 Å². The molecule has 0 spiro atoms. The molecule has 0 aliphatic rings. The van der Waals surface area contributed by atoms with Gasteiger partial charge in [0.05, 0.1) is 12.7 Å². The quantitative estimate of drug-likeness (QED) is 0.907. The van der Waals surface area contributed by atoms with Gasteiger partial charge < -0.3 is 10.1 Å². The first kappa shape index (κ1) is 13.3. The van der Waals surface area contributed by atoms with Gasteiger partial charge in [-0.05, 0) is 34.1 Å². The summed E-state index contributed by atoms with van der Waals surface area (Å²) in [4.78, 5) is 11.8. The molecule has 0 fully saturated rings. The zero-order valence-corrected chi connectivity index (χ0v) is 11.9. The lowest BCUT2D eigenvalue weighted by Gasteiger charge is -2.07. The minimum absolute atomic E-state index is 0.175. The number of nitrogens with one attached hydrogen (secondary N) is 1. The summed E-state index contributed by atoms with van der Waals surface area (Å²) in [6.07, 6.45) is 0. The Morgan fingerprint density at radius 2 is 2.25 bits per heavy atom. The fourth-order valence-corrected chi connectivity index (χ4v) is 1.64. The molecular formula is C11H11Br2NO2. The van der Waals surface area contributed by atoms with Crippen molar-refractivity contribution in [1.82, 2.24) is 5.32 Å². The molecule has 0 unspecified atom stereocenters. The Morgan fingerprint density at radius 3 is 2.81 bits per heavy atom. The van der Waals surface area contributed by atoms with Crippen molar-refractivity contribution < 1.29 is 9.53 Å². The van der Waals surface area contributed by atoms with Crippen LogP contribution >= 0.6 is 31.9 Å². The molecule has 1 aromatic rings. The largest absolute Gasteiger partial charge is 0.497 e. The van der Waals surface area contributed by atoms with E-state index in [1.165, 1.54) is 0 Å². The third-order valence-corrected chi connectivity index (χ3v) is 2.83. The fraction of sp³-hybridized carbons (Fsp3) is 0.182.